The first-order valence-electron chi connectivity index (χ1n) is 7.74. The maximum absolute atomic E-state index is 12.6. The van der Waals surface area contributed by atoms with Gasteiger partial charge in [0.1, 0.15) is 5.01 Å². The van der Waals surface area contributed by atoms with Crippen molar-refractivity contribution in [2.24, 2.45) is 4.99 Å². The molecule has 1 heterocycles. The van der Waals surface area contributed by atoms with Crippen molar-refractivity contribution in [3.63, 3.8) is 0 Å². The van der Waals surface area contributed by atoms with Crippen molar-refractivity contribution in [3.05, 3.63) is 52.0 Å². The van der Waals surface area contributed by atoms with Crippen molar-refractivity contribution in [2.45, 2.75) is 32.0 Å². The smallest absolute Gasteiger partial charge is 0.356 e. The third-order valence-corrected chi connectivity index (χ3v) is 4.57. The zero-order chi connectivity index (χ0) is 18.5. The number of guanidine groups is 1. The maximum atomic E-state index is 12.6. The van der Waals surface area contributed by atoms with Gasteiger partial charge >= 0.3 is 6.18 Å². The first-order valence-corrected chi connectivity index (χ1v) is 8.62. The Balaban J connectivity index is 0.00000338. The molecule has 0 spiro atoms. The van der Waals surface area contributed by atoms with Gasteiger partial charge in [-0.15, -0.1) is 35.3 Å². The summed E-state index contributed by atoms with van der Waals surface area (Å²) in [4.78, 5) is 7.70. The van der Waals surface area contributed by atoms with Gasteiger partial charge in [-0.1, -0.05) is 44.2 Å². The molecule has 0 aliphatic carbocycles. The van der Waals surface area contributed by atoms with Gasteiger partial charge in [0.2, 0.25) is 0 Å². The molecule has 0 fully saturated rings. The number of halogens is 4. The summed E-state index contributed by atoms with van der Waals surface area (Å²) in [5.74, 6) is 0.521. The Labute approximate surface area is 172 Å². The van der Waals surface area contributed by atoms with E-state index in [-0.39, 0.29) is 35.9 Å². The Hall–Kier alpha value is -1.36. The minimum absolute atomic E-state index is 0. The van der Waals surface area contributed by atoms with E-state index in [1.807, 2.05) is 18.2 Å². The molecule has 1 aromatic carbocycles. The molecule has 0 aliphatic rings. The van der Waals surface area contributed by atoms with Gasteiger partial charge in [-0.3, -0.25) is 4.99 Å². The molecular weight excluding hydrogens is 476 g/mol. The van der Waals surface area contributed by atoms with Crippen LogP contribution in [-0.4, -0.2) is 24.5 Å². The standard InChI is InChI=1S/C17H21F3N4S.HI/c1-16(2,12-7-5-4-6-8-12)11-23-15(21-3)22-9-14-24-13(10-25-14)17(18,19)20;/h4-8,10H,9,11H2,1-3H3,(H2,21,22,23);1H. The Morgan fingerprint density at radius 1 is 1.15 bits per heavy atom. The third-order valence-electron chi connectivity index (χ3n) is 3.73. The quantitative estimate of drug-likeness (QED) is 0.365. The van der Waals surface area contributed by atoms with Crippen LogP contribution in [0.25, 0.3) is 0 Å². The second kappa shape index (κ2) is 9.54. The monoisotopic (exact) mass is 498 g/mol. The van der Waals surface area contributed by atoms with Gasteiger partial charge in [0.25, 0.3) is 0 Å². The minimum Gasteiger partial charge on any atom is -0.356 e. The lowest BCUT2D eigenvalue weighted by molar-refractivity contribution is -0.140. The lowest BCUT2D eigenvalue weighted by Gasteiger charge is -2.26. The van der Waals surface area contributed by atoms with Crippen LogP contribution in [0.15, 0.2) is 40.7 Å². The predicted molar refractivity (Wildman–Crippen MR) is 110 cm³/mol. The van der Waals surface area contributed by atoms with Gasteiger partial charge in [-0.2, -0.15) is 13.2 Å². The highest BCUT2D eigenvalue weighted by Crippen LogP contribution is 2.29. The molecule has 0 radical (unpaired) electrons. The van der Waals surface area contributed by atoms with Gasteiger partial charge in [0, 0.05) is 24.4 Å². The summed E-state index contributed by atoms with van der Waals surface area (Å²) in [6.45, 7) is 5.03. The van der Waals surface area contributed by atoms with Gasteiger partial charge < -0.3 is 10.6 Å². The van der Waals surface area contributed by atoms with E-state index in [1.165, 1.54) is 5.56 Å². The lowest BCUT2D eigenvalue weighted by atomic mass is 9.85. The molecule has 9 heteroatoms. The Morgan fingerprint density at radius 3 is 2.35 bits per heavy atom. The van der Waals surface area contributed by atoms with Crippen molar-refractivity contribution in [1.29, 1.82) is 0 Å². The van der Waals surface area contributed by atoms with Crippen LogP contribution in [0, 0.1) is 0 Å². The summed E-state index contributed by atoms with van der Waals surface area (Å²) in [7, 11) is 1.62. The topological polar surface area (TPSA) is 49.3 Å². The molecule has 26 heavy (non-hydrogen) atoms. The summed E-state index contributed by atoms with van der Waals surface area (Å²) >= 11 is 0.973. The molecule has 0 saturated heterocycles. The van der Waals surface area contributed by atoms with E-state index in [0.717, 1.165) is 16.7 Å². The number of rotatable bonds is 5. The third kappa shape index (κ3) is 6.42. The Bertz CT molecular complexity index is 714. The van der Waals surface area contributed by atoms with E-state index in [0.29, 0.717) is 17.5 Å². The highest BCUT2D eigenvalue weighted by molar-refractivity contribution is 14.0. The van der Waals surface area contributed by atoms with Crippen LogP contribution in [-0.2, 0) is 18.1 Å². The van der Waals surface area contributed by atoms with E-state index in [4.69, 9.17) is 0 Å². The number of nitrogens with one attached hydrogen (secondary N) is 2. The van der Waals surface area contributed by atoms with Crippen LogP contribution in [0.3, 0.4) is 0 Å². The van der Waals surface area contributed by atoms with Crippen molar-refractivity contribution in [1.82, 2.24) is 15.6 Å². The number of hydrogen-bond donors (Lipinski definition) is 2. The van der Waals surface area contributed by atoms with Gasteiger partial charge in [0.15, 0.2) is 11.7 Å². The summed E-state index contributed by atoms with van der Waals surface area (Å²) in [5, 5.41) is 7.58. The molecule has 2 aromatic rings. The first kappa shape index (κ1) is 22.7. The summed E-state index contributed by atoms with van der Waals surface area (Å²) in [5.41, 5.74) is 0.207. The molecule has 0 atom stereocenters. The van der Waals surface area contributed by atoms with Crippen LogP contribution in [0.1, 0.15) is 30.1 Å². The zero-order valence-corrected chi connectivity index (χ0v) is 17.9. The number of alkyl halides is 3. The normalized spacial score (nSPS) is 12.5. The summed E-state index contributed by atoms with van der Waals surface area (Å²) in [6.07, 6.45) is -4.41. The zero-order valence-electron chi connectivity index (χ0n) is 14.7. The molecule has 2 rings (SSSR count). The number of nitrogens with zero attached hydrogens (tertiary/aromatic N) is 2. The van der Waals surface area contributed by atoms with Gasteiger partial charge in [-0.25, -0.2) is 4.98 Å². The second-order valence-corrected chi connectivity index (χ2v) is 7.10. The number of aliphatic imine (C=N–C) groups is 1. The van der Waals surface area contributed by atoms with Crippen LogP contribution in [0.5, 0.6) is 0 Å². The largest absolute Gasteiger partial charge is 0.434 e. The fourth-order valence-corrected chi connectivity index (χ4v) is 2.94. The molecule has 0 aliphatic heterocycles. The number of thiazole rings is 1. The molecule has 2 N–H and O–H groups in total. The average Bonchev–Trinajstić information content (AvgIpc) is 3.05. The molecule has 0 unspecified atom stereocenters. The molecule has 0 bridgehead atoms. The lowest BCUT2D eigenvalue weighted by Crippen LogP contribution is -2.43. The number of hydrogen-bond acceptors (Lipinski definition) is 3. The fraction of sp³-hybridized carbons (Fsp3) is 0.412. The Kier molecular flexibility index (Phi) is 8.32. The average molecular weight is 498 g/mol. The molecule has 1 aromatic heterocycles. The van der Waals surface area contributed by atoms with Crippen molar-refractivity contribution in [3.8, 4) is 0 Å². The van der Waals surface area contributed by atoms with Crippen molar-refractivity contribution in [2.75, 3.05) is 13.6 Å². The summed E-state index contributed by atoms with van der Waals surface area (Å²) in [6, 6.07) is 10.1. The molecular formula is C17H22F3IN4S. The molecule has 0 saturated carbocycles. The van der Waals surface area contributed by atoms with E-state index >= 15 is 0 Å². The van der Waals surface area contributed by atoms with Crippen molar-refractivity contribution < 1.29 is 13.2 Å². The second-order valence-electron chi connectivity index (χ2n) is 6.15. The SMILES string of the molecule is CN=C(NCc1nc(C(F)(F)F)cs1)NCC(C)(C)c1ccccc1.I. The molecule has 4 nitrogen and oxygen atoms in total. The fourth-order valence-electron chi connectivity index (χ4n) is 2.20. The van der Waals surface area contributed by atoms with Crippen LogP contribution in [0.4, 0.5) is 13.2 Å². The molecule has 144 valence electrons. The van der Waals surface area contributed by atoms with Crippen molar-refractivity contribution >= 4 is 41.3 Å². The predicted octanol–water partition coefficient (Wildman–Crippen LogP) is 4.42. The Morgan fingerprint density at radius 2 is 1.81 bits per heavy atom. The van der Waals surface area contributed by atoms with E-state index in [2.05, 4.69) is 46.6 Å². The van der Waals surface area contributed by atoms with E-state index < -0.39 is 11.9 Å². The number of benzene rings is 1. The van der Waals surface area contributed by atoms with Gasteiger partial charge in [-0.05, 0) is 5.56 Å². The minimum atomic E-state index is -4.41. The highest BCUT2D eigenvalue weighted by atomic mass is 127. The maximum Gasteiger partial charge on any atom is 0.434 e. The van der Waals surface area contributed by atoms with Crippen LogP contribution < -0.4 is 10.6 Å². The first-order chi connectivity index (χ1) is 11.7. The number of aromatic nitrogens is 1. The van der Waals surface area contributed by atoms with Crippen LogP contribution >= 0.6 is 35.3 Å². The van der Waals surface area contributed by atoms with E-state index in [1.54, 1.807) is 7.05 Å². The van der Waals surface area contributed by atoms with Gasteiger partial charge in [0.05, 0.1) is 6.54 Å². The summed E-state index contributed by atoms with van der Waals surface area (Å²) < 4.78 is 37.7. The molecule has 0 amide bonds. The van der Waals surface area contributed by atoms with E-state index in [9.17, 15) is 13.2 Å². The highest BCUT2D eigenvalue weighted by Gasteiger charge is 2.33. The van der Waals surface area contributed by atoms with Crippen LogP contribution in [0.2, 0.25) is 0 Å².